The van der Waals surface area contributed by atoms with E-state index in [1.54, 1.807) is 0 Å². The van der Waals surface area contributed by atoms with Crippen LogP contribution in [0, 0.1) is 13.8 Å². The molecule has 0 radical (unpaired) electrons. The van der Waals surface area contributed by atoms with Gasteiger partial charge in [0.1, 0.15) is 5.75 Å². The van der Waals surface area contributed by atoms with Crippen LogP contribution in [-0.4, -0.2) is 11.7 Å². The zero-order chi connectivity index (χ0) is 10.1. The molecule has 2 N–H and O–H groups in total. The molecule has 0 aromatic heterocycles. The molecule has 15 heavy (non-hydrogen) atoms. The van der Waals surface area contributed by atoms with Gasteiger partial charge >= 0.3 is 0 Å². The van der Waals surface area contributed by atoms with E-state index in [1.165, 1.54) is 18.4 Å². The number of aromatic hydroxyl groups is 1. The van der Waals surface area contributed by atoms with E-state index in [9.17, 15) is 5.11 Å². The summed E-state index contributed by atoms with van der Waals surface area (Å²) in [6.45, 7) is 5.03. The number of nitrogens with one attached hydrogen (secondary N) is 1. The second-order valence-electron chi connectivity index (χ2n) is 4.15. The van der Waals surface area contributed by atoms with Crippen molar-refractivity contribution in [3.63, 3.8) is 0 Å². The molecular formula is C12H18ClNO. The molecule has 0 saturated carbocycles. The number of rotatable bonds is 1. The molecule has 1 aliphatic rings. The monoisotopic (exact) mass is 227 g/mol. The average Bonchev–Trinajstić information content (AvgIpc) is 2.66. The van der Waals surface area contributed by atoms with Gasteiger partial charge in [0.2, 0.25) is 0 Å². The van der Waals surface area contributed by atoms with Crippen LogP contribution in [0.15, 0.2) is 12.1 Å². The standard InChI is InChI=1S/C12H17NO.ClH/c1-8-6-10(7-9(2)12(8)14)11-4-3-5-13-11;/h6-7,11,13-14H,3-5H2,1-2H3;1H/t11-;/m1./s1. The SMILES string of the molecule is Cc1cc([C@H]2CCCN2)cc(C)c1O.Cl. The molecule has 0 aliphatic carbocycles. The minimum absolute atomic E-state index is 0. The van der Waals surface area contributed by atoms with E-state index in [-0.39, 0.29) is 12.4 Å². The van der Waals surface area contributed by atoms with Crippen molar-refractivity contribution in [2.75, 3.05) is 6.54 Å². The molecule has 84 valence electrons. The normalized spacial score (nSPS) is 20.0. The number of hydrogen-bond donors (Lipinski definition) is 2. The fourth-order valence-electron chi connectivity index (χ4n) is 2.16. The summed E-state index contributed by atoms with van der Waals surface area (Å²) >= 11 is 0. The van der Waals surface area contributed by atoms with Gasteiger partial charge in [-0.05, 0) is 49.9 Å². The fraction of sp³-hybridized carbons (Fsp3) is 0.500. The van der Waals surface area contributed by atoms with Gasteiger partial charge < -0.3 is 10.4 Å². The highest BCUT2D eigenvalue weighted by molar-refractivity contribution is 5.85. The lowest BCUT2D eigenvalue weighted by Gasteiger charge is -2.13. The number of phenols is 1. The molecule has 1 aromatic rings. The first-order valence-corrected chi connectivity index (χ1v) is 5.22. The van der Waals surface area contributed by atoms with Crippen molar-refractivity contribution >= 4 is 12.4 Å². The number of benzene rings is 1. The maximum atomic E-state index is 9.65. The Morgan fingerprint density at radius 2 is 1.87 bits per heavy atom. The summed E-state index contributed by atoms with van der Waals surface area (Å²) < 4.78 is 0. The van der Waals surface area contributed by atoms with Gasteiger partial charge in [0.15, 0.2) is 0 Å². The maximum Gasteiger partial charge on any atom is 0.121 e. The first-order valence-electron chi connectivity index (χ1n) is 5.22. The van der Waals surface area contributed by atoms with Crippen LogP contribution in [0.5, 0.6) is 5.75 Å². The van der Waals surface area contributed by atoms with Crippen LogP contribution in [0.1, 0.15) is 35.6 Å². The lowest BCUT2D eigenvalue weighted by molar-refractivity contribution is 0.466. The van der Waals surface area contributed by atoms with Crippen molar-refractivity contribution < 1.29 is 5.11 Å². The third-order valence-electron chi connectivity index (χ3n) is 2.98. The summed E-state index contributed by atoms with van der Waals surface area (Å²) in [6, 6.07) is 4.67. The number of aryl methyl sites for hydroxylation is 2. The number of phenolic OH excluding ortho intramolecular Hbond substituents is 1. The molecule has 1 atom stereocenters. The predicted molar refractivity (Wildman–Crippen MR) is 64.8 cm³/mol. The van der Waals surface area contributed by atoms with Crippen LogP contribution >= 0.6 is 12.4 Å². The molecule has 2 nitrogen and oxygen atoms in total. The van der Waals surface area contributed by atoms with Crippen LogP contribution in [0.3, 0.4) is 0 Å². The third-order valence-corrected chi connectivity index (χ3v) is 2.98. The van der Waals surface area contributed by atoms with E-state index in [1.807, 2.05) is 13.8 Å². The molecule has 1 heterocycles. The smallest absolute Gasteiger partial charge is 0.121 e. The molecule has 0 amide bonds. The highest BCUT2D eigenvalue weighted by Crippen LogP contribution is 2.29. The van der Waals surface area contributed by atoms with Gasteiger partial charge in [-0.1, -0.05) is 12.1 Å². The first-order chi connectivity index (χ1) is 6.68. The quantitative estimate of drug-likeness (QED) is 0.774. The Morgan fingerprint density at radius 3 is 2.33 bits per heavy atom. The van der Waals surface area contributed by atoms with Crippen molar-refractivity contribution in [1.29, 1.82) is 0 Å². The Hall–Kier alpha value is -0.730. The van der Waals surface area contributed by atoms with E-state index < -0.39 is 0 Å². The number of halogens is 1. The van der Waals surface area contributed by atoms with Crippen LogP contribution < -0.4 is 5.32 Å². The predicted octanol–water partition coefficient (Wildman–Crippen LogP) is 2.86. The lowest BCUT2D eigenvalue weighted by Crippen LogP contribution is -2.13. The minimum atomic E-state index is 0. The van der Waals surface area contributed by atoms with E-state index in [2.05, 4.69) is 17.4 Å². The van der Waals surface area contributed by atoms with Gasteiger partial charge in [-0.2, -0.15) is 0 Å². The van der Waals surface area contributed by atoms with Crippen LogP contribution in [0.25, 0.3) is 0 Å². The van der Waals surface area contributed by atoms with Gasteiger partial charge in [0, 0.05) is 6.04 Å². The second-order valence-corrected chi connectivity index (χ2v) is 4.15. The Morgan fingerprint density at radius 1 is 1.27 bits per heavy atom. The van der Waals surface area contributed by atoms with Crippen LogP contribution in [-0.2, 0) is 0 Å². The van der Waals surface area contributed by atoms with E-state index in [0.717, 1.165) is 17.7 Å². The van der Waals surface area contributed by atoms with Gasteiger partial charge in [0.05, 0.1) is 0 Å². The Bertz CT molecular complexity index is 322. The molecule has 1 aromatic carbocycles. The largest absolute Gasteiger partial charge is 0.507 e. The lowest BCUT2D eigenvalue weighted by atomic mass is 9.99. The highest BCUT2D eigenvalue weighted by Gasteiger charge is 2.17. The molecule has 2 rings (SSSR count). The van der Waals surface area contributed by atoms with Crippen molar-refractivity contribution in [2.45, 2.75) is 32.7 Å². The van der Waals surface area contributed by atoms with Crippen molar-refractivity contribution in [1.82, 2.24) is 5.32 Å². The fourth-order valence-corrected chi connectivity index (χ4v) is 2.16. The first kappa shape index (κ1) is 12.3. The summed E-state index contributed by atoms with van der Waals surface area (Å²) in [7, 11) is 0. The van der Waals surface area contributed by atoms with Gasteiger partial charge in [-0.3, -0.25) is 0 Å². The second kappa shape index (κ2) is 4.86. The average molecular weight is 228 g/mol. The van der Waals surface area contributed by atoms with E-state index >= 15 is 0 Å². The minimum Gasteiger partial charge on any atom is -0.507 e. The zero-order valence-electron chi connectivity index (χ0n) is 9.21. The zero-order valence-corrected chi connectivity index (χ0v) is 10.0. The molecule has 0 bridgehead atoms. The topological polar surface area (TPSA) is 32.3 Å². The summed E-state index contributed by atoms with van der Waals surface area (Å²) in [4.78, 5) is 0. The molecule has 0 unspecified atom stereocenters. The molecular weight excluding hydrogens is 210 g/mol. The summed E-state index contributed by atoms with van der Waals surface area (Å²) in [6.07, 6.45) is 2.47. The molecule has 1 aliphatic heterocycles. The van der Waals surface area contributed by atoms with Crippen molar-refractivity contribution in [3.8, 4) is 5.75 Å². The third kappa shape index (κ3) is 2.44. The van der Waals surface area contributed by atoms with Crippen LogP contribution in [0.4, 0.5) is 0 Å². The summed E-state index contributed by atoms with van der Waals surface area (Å²) in [5.41, 5.74) is 3.28. The van der Waals surface area contributed by atoms with E-state index in [0.29, 0.717) is 11.8 Å². The van der Waals surface area contributed by atoms with Gasteiger partial charge in [0.25, 0.3) is 0 Å². The van der Waals surface area contributed by atoms with Crippen LogP contribution in [0.2, 0.25) is 0 Å². The summed E-state index contributed by atoms with van der Waals surface area (Å²) in [5, 5.41) is 13.1. The molecule has 1 fully saturated rings. The Labute approximate surface area is 97.1 Å². The van der Waals surface area contributed by atoms with Crippen molar-refractivity contribution in [2.24, 2.45) is 0 Å². The molecule has 1 saturated heterocycles. The molecule has 0 spiro atoms. The number of hydrogen-bond acceptors (Lipinski definition) is 2. The Kier molecular flexibility index (Phi) is 4.00. The maximum absolute atomic E-state index is 9.65. The van der Waals surface area contributed by atoms with Gasteiger partial charge in [-0.15, -0.1) is 12.4 Å². The highest BCUT2D eigenvalue weighted by atomic mass is 35.5. The summed E-state index contributed by atoms with van der Waals surface area (Å²) in [5.74, 6) is 0.437. The molecule has 3 heteroatoms. The van der Waals surface area contributed by atoms with E-state index in [4.69, 9.17) is 0 Å². The van der Waals surface area contributed by atoms with Crippen molar-refractivity contribution in [3.05, 3.63) is 28.8 Å². The Balaban J connectivity index is 0.00000112. The van der Waals surface area contributed by atoms with Gasteiger partial charge in [-0.25, -0.2) is 0 Å².